The molecule has 1 aromatic carbocycles. The number of sulfonamides is 1. The van der Waals surface area contributed by atoms with E-state index < -0.39 is 16.1 Å². The molecule has 1 aromatic rings. The predicted molar refractivity (Wildman–Crippen MR) is 69.4 cm³/mol. The summed E-state index contributed by atoms with van der Waals surface area (Å²) in [6.07, 6.45) is 0.0391. The van der Waals surface area contributed by atoms with Crippen LogP contribution in [0.5, 0.6) is 0 Å². The molecule has 2 unspecified atom stereocenters. The molecule has 0 aromatic heterocycles. The van der Waals surface area contributed by atoms with Gasteiger partial charge in [0.05, 0.1) is 11.8 Å². The second-order valence-electron chi connectivity index (χ2n) is 4.73. The normalized spacial score (nSPS) is 26.1. The van der Waals surface area contributed by atoms with Crippen molar-refractivity contribution in [3.8, 4) is 0 Å². The third-order valence-electron chi connectivity index (χ3n) is 3.36. The van der Waals surface area contributed by atoms with Gasteiger partial charge in [0.2, 0.25) is 10.0 Å². The van der Waals surface area contributed by atoms with Crippen LogP contribution in [0.2, 0.25) is 0 Å². The van der Waals surface area contributed by atoms with Crippen LogP contribution in [0.1, 0.15) is 13.3 Å². The molecule has 3 N–H and O–H groups in total. The molecule has 2 atom stereocenters. The van der Waals surface area contributed by atoms with Crippen molar-refractivity contribution < 1.29 is 13.5 Å². The third-order valence-corrected chi connectivity index (χ3v) is 5.30. The number of hydrogen-bond acceptors (Lipinski definition) is 4. The minimum atomic E-state index is -3.55. The minimum Gasteiger partial charge on any atom is -0.398 e. The number of rotatable bonds is 2. The van der Waals surface area contributed by atoms with Gasteiger partial charge < -0.3 is 10.8 Å². The zero-order valence-corrected chi connectivity index (χ0v) is 11.1. The van der Waals surface area contributed by atoms with E-state index in [-0.39, 0.29) is 16.5 Å². The summed E-state index contributed by atoms with van der Waals surface area (Å²) < 4.78 is 26.2. The van der Waals surface area contributed by atoms with E-state index in [0.717, 1.165) is 0 Å². The summed E-state index contributed by atoms with van der Waals surface area (Å²) in [7, 11) is -3.55. The van der Waals surface area contributed by atoms with E-state index in [1.54, 1.807) is 18.2 Å². The van der Waals surface area contributed by atoms with Crippen molar-refractivity contribution in [2.24, 2.45) is 5.92 Å². The monoisotopic (exact) mass is 270 g/mol. The lowest BCUT2D eigenvalue weighted by Gasteiger charge is -2.33. The number of anilines is 1. The quantitative estimate of drug-likeness (QED) is 0.773. The summed E-state index contributed by atoms with van der Waals surface area (Å²) in [5, 5.41) is 9.64. The Hall–Kier alpha value is -1.11. The molecule has 0 aliphatic carbocycles. The molecule has 0 saturated carbocycles. The summed E-state index contributed by atoms with van der Waals surface area (Å²) in [6, 6.07) is 6.46. The number of aliphatic hydroxyl groups excluding tert-OH is 1. The molecule has 6 heteroatoms. The number of piperidine rings is 1. The van der Waals surface area contributed by atoms with Crippen LogP contribution in [0.4, 0.5) is 5.69 Å². The molecule has 0 bridgehead atoms. The van der Waals surface area contributed by atoms with Crippen molar-refractivity contribution in [2.75, 3.05) is 18.8 Å². The van der Waals surface area contributed by atoms with Gasteiger partial charge in [-0.25, -0.2) is 8.42 Å². The molecule has 5 nitrogen and oxygen atoms in total. The van der Waals surface area contributed by atoms with Gasteiger partial charge in [0.15, 0.2) is 0 Å². The first-order chi connectivity index (χ1) is 8.43. The van der Waals surface area contributed by atoms with Crippen molar-refractivity contribution in [3.05, 3.63) is 24.3 Å². The second kappa shape index (κ2) is 4.87. The smallest absolute Gasteiger partial charge is 0.245 e. The summed E-state index contributed by atoms with van der Waals surface area (Å²) >= 11 is 0. The molecule has 0 amide bonds. The van der Waals surface area contributed by atoms with Gasteiger partial charge in [-0.1, -0.05) is 19.1 Å². The molecule has 18 heavy (non-hydrogen) atoms. The first kappa shape index (κ1) is 13.3. The first-order valence-electron chi connectivity index (χ1n) is 5.95. The minimum absolute atomic E-state index is 0.0570. The van der Waals surface area contributed by atoms with E-state index in [2.05, 4.69) is 0 Å². The number of benzene rings is 1. The van der Waals surface area contributed by atoms with E-state index >= 15 is 0 Å². The Bertz CT molecular complexity index is 530. The Morgan fingerprint density at radius 3 is 2.67 bits per heavy atom. The van der Waals surface area contributed by atoms with Gasteiger partial charge in [0, 0.05) is 13.1 Å². The summed E-state index contributed by atoms with van der Waals surface area (Å²) in [5.74, 6) is -0.0570. The molecule has 100 valence electrons. The molecular weight excluding hydrogens is 252 g/mol. The zero-order chi connectivity index (χ0) is 13.3. The van der Waals surface area contributed by atoms with Crippen LogP contribution in [0.3, 0.4) is 0 Å². The predicted octanol–water partition coefficient (Wildman–Crippen LogP) is 0.660. The third kappa shape index (κ3) is 2.36. The highest BCUT2D eigenvalue weighted by molar-refractivity contribution is 7.89. The van der Waals surface area contributed by atoms with Crippen LogP contribution in [-0.2, 0) is 10.0 Å². The number of nitrogens with two attached hydrogens (primary N) is 1. The average molecular weight is 270 g/mol. The number of para-hydroxylation sites is 1. The number of nitrogens with zero attached hydrogens (tertiary/aromatic N) is 1. The standard InChI is InChI=1S/C12H18N2O3S/c1-9-8-14(7-6-11(9)15)18(16,17)12-5-3-2-4-10(12)13/h2-5,9,11,15H,6-8,13H2,1H3. The number of aliphatic hydroxyl groups is 1. The fraction of sp³-hybridized carbons (Fsp3) is 0.500. The van der Waals surface area contributed by atoms with Crippen molar-refractivity contribution in [1.82, 2.24) is 4.31 Å². The molecule has 1 saturated heterocycles. The Morgan fingerprint density at radius 1 is 1.39 bits per heavy atom. The molecule has 1 aliphatic heterocycles. The highest BCUT2D eigenvalue weighted by Gasteiger charge is 2.33. The molecule has 1 aliphatic rings. The lowest BCUT2D eigenvalue weighted by atomic mass is 9.99. The van der Waals surface area contributed by atoms with Crippen LogP contribution in [0.15, 0.2) is 29.2 Å². The van der Waals surface area contributed by atoms with Crippen LogP contribution >= 0.6 is 0 Å². The lowest BCUT2D eigenvalue weighted by Crippen LogP contribution is -2.44. The average Bonchev–Trinajstić information content (AvgIpc) is 2.33. The second-order valence-corrected chi connectivity index (χ2v) is 6.64. The van der Waals surface area contributed by atoms with E-state index in [1.807, 2.05) is 6.92 Å². The van der Waals surface area contributed by atoms with Crippen molar-refractivity contribution in [3.63, 3.8) is 0 Å². The topological polar surface area (TPSA) is 83.6 Å². The number of hydrogen-bond donors (Lipinski definition) is 2. The fourth-order valence-corrected chi connectivity index (χ4v) is 3.84. The Labute approximate surface area is 107 Å². The Balaban J connectivity index is 2.30. The molecule has 1 heterocycles. The van der Waals surface area contributed by atoms with Gasteiger partial charge in [-0.3, -0.25) is 0 Å². The van der Waals surface area contributed by atoms with Gasteiger partial charge in [-0.2, -0.15) is 4.31 Å². The van der Waals surface area contributed by atoms with Crippen LogP contribution in [-0.4, -0.2) is 37.0 Å². The van der Waals surface area contributed by atoms with E-state index in [9.17, 15) is 13.5 Å². The van der Waals surface area contributed by atoms with Gasteiger partial charge in [0.1, 0.15) is 4.90 Å². The van der Waals surface area contributed by atoms with Crippen molar-refractivity contribution >= 4 is 15.7 Å². The molecule has 2 rings (SSSR count). The molecule has 1 fully saturated rings. The van der Waals surface area contributed by atoms with Crippen LogP contribution in [0, 0.1) is 5.92 Å². The highest BCUT2D eigenvalue weighted by atomic mass is 32.2. The number of nitrogen functional groups attached to an aromatic ring is 1. The van der Waals surface area contributed by atoms with E-state index in [0.29, 0.717) is 19.5 Å². The maximum Gasteiger partial charge on any atom is 0.245 e. The summed E-state index contributed by atoms with van der Waals surface area (Å²) in [4.78, 5) is 0.147. The van der Waals surface area contributed by atoms with Crippen molar-refractivity contribution in [1.29, 1.82) is 0 Å². The molecule has 0 radical (unpaired) electrons. The zero-order valence-electron chi connectivity index (χ0n) is 10.3. The SMILES string of the molecule is CC1CN(S(=O)(=O)c2ccccc2N)CCC1O. The van der Waals surface area contributed by atoms with Crippen LogP contribution < -0.4 is 5.73 Å². The maximum absolute atomic E-state index is 12.4. The van der Waals surface area contributed by atoms with Crippen molar-refractivity contribution in [2.45, 2.75) is 24.3 Å². The summed E-state index contributed by atoms with van der Waals surface area (Å²) in [6.45, 7) is 2.51. The Kier molecular flexibility index (Phi) is 3.61. The summed E-state index contributed by atoms with van der Waals surface area (Å²) in [5.41, 5.74) is 5.98. The van der Waals surface area contributed by atoms with Gasteiger partial charge >= 0.3 is 0 Å². The highest BCUT2D eigenvalue weighted by Crippen LogP contribution is 2.26. The van der Waals surface area contributed by atoms with Gasteiger partial charge in [0.25, 0.3) is 0 Å². The molecule has 0 spiro atoms. The van der Waals surface area contributed by atoms with E-state index in [4.69, 9.17) is 5.73 Å². The van der Waals surface area contributed by atoms with E-state index in [1.165, 1.54) is 10.4 Å². The van der Waals surface area contributed by atoms with Crippen LogP contribution in [0.25, 0.3) is 0 Å². The lowest BCUT2D eigenvalue weighted by molar-refractivity contribution is 0.0629. The van der Waals surface area contributed by atoms with Gasteiger partial charge in [-0.15, -0.1) is 0 Å². The first-order valence-corrected chi connectivity index (χ1v) is 7.39. The largest absolute Gasteiger partial charge is 0.398 e. The van der Waals surface area contributed by atoms with Gasteiger partial charge in [-0.05, 0) is 24.5 Å². The fourth-order valence-electron chi connectivity index (χ4n) is 2.17. The Morgan fingerprint density at radius 2 is 2.06 bits per heavy atom. The maximum atomic E-state index is 12.4. The molecular formula is C12H18N2O3S.